The van der Waals surface area contributed by atoms with E-state index in [-0.39, 0.29) is 0 Å². The van der Waals surface area contributed by atoms with Gasteiger partial charge in [-0.2, -0.15) is 0 Å². The highest BCUT2D eigenvalue weighted by Crippen LogP contribution is 2.41. The van der Waals surface area contributed by atoms with Crippen LogP contribution in [-0.4, -0.2) is 6.54 Å². The zero-order chi connectivity index (χ0) is 14.4. The van der Waals surface area contributed by atoms with Crippen molar-refractivity contribution in [3.63, 3.8) is 0 Å². The minimum Gasteiger partial charge on any atom is -0.469 e. The van der Waals surface area contributed by atoms with Gasteiger partial charge in [-0.1, -0.05) is 46.5 Å². The monoisotopic (exact) mass is 277 g/mol. The lowest BCUT2D eigenvalue weighted by Gasteiger charge is -2.37. The standard InChI is InChI=1S/C18H31NO/c1-4-12-19-18(16-11-13-20-17(16)6-3)15-10-8-7-9-14(15)5-2/h11,13-15,18-19H,4-10,12H2,1-3H3. The van der Waals surface area contributed by atoms with E-state index in [4.69, 9.17) is 4.42 Å². The van der Waals surface area contributed by atoms with E-state index in [2.05, 4.69) is 32.2 Å². The van der Waals surface area contributed by atoms with Gasteiger partial charge in [0, 0.05) is 18.0 Å². The van der Waals surface area contributed by atoms with Crippen LogP contribution in [0.5, 0.6) is 0 Å². The molecule has 0 aliphatic heterocycles. The first-order valence-electron chi connectivity index (χ1n) is 8.61. The normalized spacial score (nSPS) is 24.8. The van der Waals surface area contributed by atoms with E-state index in [0.717, 1.165) is 24.8 Å². The predicted octanol–water partition coefficient (Wildman–Crippen LogP) is 5.10. The van der Waals surface area contributed by atoms with Gasteiger partial charge < -0.3 is 9.73 Å². The average molecular weight is 277 g/mol. The van der Waals surface area contributed by atoms with Crippen LogP contribution in [0.2, 0.25) is 0 Å². The molecule has 1 heterocycles. The summed E-state index contributed by atoms with van der Waals surface area (Å²) in [5.41, 5.74) is 1.42. The second kappa shape index (κ2) is 7.87. The summed E-state index contributed by atoms with van der Waals surface area (Å²) < 4.78 is 5.69. The Hall–Kier alpha value is -0.760. The summed E-state index contributed by atoms with van der Waals surface area (Å²) in [6, 6.07) is 2.70. The van der Waals surface area contributed by atoms with Crippen LogP contribution in [0, 0.1) is 11.8 Å². The van der Waals surface area contributed by atoms with E-state index in [1.807, 2.05) is 6.26 Å². The Morgan fingerprint density at radius 3 is 2.75 bits per heavy atom. The number of rotatable bonds is 7. The fourth-order valence-corrected chi connectivity index (χ4v) is 3.89. The molecule has 0 amide bonds. The molecule has 1 aliphatic carbocycles. The second-order valence-corrected chi connectivity index (χ2v) is 6.20. The molecule has 0 aromatic carbocycles. The smallest absolute Gasteiger partial charge is 0.108 e. The summed E-state index contributed by atoms with van der Waals surface area (Å²) in [4.78, 5) is 0. The van der Waals surface area contributed by atoms with E-state index in [0.29, 0.717) is 6.04 Å². The second-order valence-electron chi connectivity index (χ2n) is 6.20. The lowest BCUT2D eigenvalue weighted by Crippen LogP contribution is -2.35. The zero-order valence-electron chi connectivity index (χ0n) is 13.5. The van der Waals surface area contributed by atoms with Gasteiger partial charge in [0.15, 0.2) is 0 Å². The molecule has 1 aromatic rings. The first-order chi connectivity index (χ1) is 9.81. The fraction of sp³-hybridized carbons (Fsp3) is 0.778. The summed E-state index contributed by atoms with van der Waals surface area (Å²) in [5, 5.41) is 3.82. The molecule has 0 radical (unpaired) electrons. The molecular weight excluding hydrogens is 246 g/mol. The maximum atomic E-state index is 5.69. The van der Waals surface area contributed by atoms with Gasteiger partial charge in [-0.05, 0) is 37.3 Å². The summed E-state index contributed by atoms with van der Waals surface area (Å²) in [7, 11) is 0. The molecule has 1 fully saturated rings. The Labute approximate surface area is 124 Å². The Bertz CT molecular complexity index is 385. The fourth-order valence-electron chi connectivity index (χ4n) is 3.89. The minimum atomic E-state index is 0.494. The lowest BCUT2D eigenvalue weighted by molar-refractivity contribution is 0.174. The Kier molecular flexibility index (Phi) is 6.15. The van der Waals surface area contributed by atoms with Crippen LogP contribution in [-0.2, 0) is 6.42 Å². The topological polar surface area (TPSA) is 25.2 Å². The van der Waals surface area contributed by atoms with Crippen molar-refractivity contribution >= 4 is 0 Å². The van der Waals surface area contributed by atoms with Crippen molar-refractivity contribution < 1.29 is 4.42 Å². The van der Waals surface area contributed by atoms with Crippen molar-refractivity contribution in [2.45, 2.75) is 71.8 Å². The highest BCUT2D eigenvalue weighted by Gasteiger charge is 2.33. The zero-order valence-corrected chi connectivity index (χ0v) is 13.5. The Balaban J connectivity index is 2.21. The van der Waals surface area contributed by atoms with Crippen LogP contribution in [0.15, 0.2) is 16.7 Å². The molecule has 2 heteroatoms. The SMILES string of the molecule is CCCNC(c1ccoc1CC)C1CCCCC1CC. The van der Waals surface area contributed by atoms with Crippen molar-refractivity contribution in [1.29, 1.82) is 0 Å². The molecule has 3 unspecified atom stereocenters. The van der Waals surface area contributed by atoms with Crippen molar-refractivity contribution in [3.05, 3.63) is 23.7 Å². The van der Waals surface area contributed by atoms with E-state index in [1.54, 1.807) is 0 Å². The number of furan rings is 1. The van der Waals surface area contributed by atoms with Gasteiger partial charge in [-0.15, -0.1) is 0 Å². The molecule has 1 aliphatic rings. The summed E-state index contributed by atoms with van der Waals surface area (Å²) >= 11 is 0. The molecule has 3 atom stereocenters. The van der Waals surface area contributed by atoms with Gasteiger partial charge >= 0.3 is 0 Å². The van der Waals surface area contributed by atoms with Gasteiger partial charge in [-0.3, -0.25) is 0 Å². The van der Waals surface area contributed by atoms with Crippen LogP contribution in [0.4, 0.5) is 0 Å². The number of nitrogens with one attached hydrogen (secondary N) is 1. The molecular formula is C18H31NO. The number of aryl methyl sites for hydroxylation is 1. The maximum absolute atomic E-state index is 5.69. The van der Waals surface area contributed by atoms with Crippen molar-refractivity contribution in [3.8, 4) is 0 Å². The highest BCUT2D eigenvalue weighted by molar-refractivity contribution is 5.23. The van der Waals surface area contributed by atoms with Crippen LogP contribution >= 0.6 is 0 Å². The molecule has 20 heavy (non-hydrogen) atoms. The molecule has 0 bridgehead atoms. The van der Waals surface area contributed by atoms with E-state index in [9.17, 15) is 0 Å². The molecule has 0 spiro atoms. The number of hydrogen-bond donors (Lipinski definition) is 1. The van der Waals surface area contributed by atoms with E-state index >= 15 is 0 Å². The van der Waals surface area contributed by atoms with Crippen LogP contribution in [0.3, 0.4) is 0 Å². The quantitative estimate of drug-likeness (QED) is 0.750. The molecule has 0 saturated heterocycles. The third-order valence-electron chi connectivity index (χ3n) is 4.97. The van der Waals surface area contributed by atoms with Crippen molar-refractivity contribution in [2.75, 3.05) is 6.54 Å². The van der Waals surface area contributed by atoms with Gasteiger partial charge in [0.25, 0.3) is 0 Å². The third kappa shape index (κ3) is 3.46. The lowest BCUT2D eigenvalue weighted by atomic mass is 9.72. The van der Waals surface area contributed by atoms with Gasteiger partial charge in [0.05, 0.1) is 6.26 Å². The summed E-state index contributed by atoms with van der Waals surface area (Å²) in [5.74, 6) is 2.83. The van der Waals surface area contributed by atoms with E-state index in [1.165, 1.54) is 49.8 Å². The molecule has 1 saturated carbocycles. The van der Waals surface area contributed by atoms with Gasteiger partial charge in [0.1, 0.15) is 5.76 Å². The van der Waals surface area contributed by atoms with Crippen LogP contribution in [0.1, 0.15) is 76.7 Å². The summed E-state index contributed by atoms with van der Waals surface area (Å²) in [6.45, 7) is 7.90. The van der Waals surface area contributed by atoms with Crippen LogP contribution < -0.4 is 5.32 Å². The van der Waals surface area contributed by atoms with Crippen molar-refractivity contribution in [2.24, 2.45) is 11.8 Å². The maximum Gasteiger partial charge on any atom is 0.108 e. The summed E-state index contributed by atoms with van der Waals surface area (Å²) in [6.07, 6.45) is 11.0. The molecule has 2 nitrogen and oxygen atoms in total. The third-order valence-corrected chi connectivity index (χ3v) is 4.97. The van der Waals surface area contributed by atoms with Crippen LogP contribution in [0.25, 0.3) is 0 Å². The van der Waals surface area contributed by atoms with Crippen molar-refractivity contribution in [1.82, 2.24) is 5.32 Å². The van der Waals surface area contributed by atoms with Gasteiger partial charge in [-0.25, -0.2) is 0 Å². The minimum absolute atomic E-state index is 0.494. The predicted molar refractivity (Wildman–Crippen MR) is 84.9 cm³/mol. The molecule has 1 aromatic heterocycles. The molecule has 1 N–H and O–H groups in total. The number of hydrogen-bond acceptors (Lipinski definition) is 2. The first kappa shape index (κ1) is 15.6. The highest BCUT2D eigenvalue weighted by atomic mass is 16.3. The van der Waals surface area contributed by atoms with Gasteiger partial charge in [0.2, 0.25) is 0 Å². The van der Waals surface area contributed by atoms with E-state index < -0.39 is 0 Å². The largest absolute Gasteiger partial charge is 0.469 e. The Morgan fingerprint density at radius 1 is 1.25 bits per heavy atom. The average Bonchev–Trinajstić information content (AvgIpc) is 2.96. The molecule has 2 rings (SSSR count). The Morgan fingerprint density at radius 2 is 2.05 bits per heavy atom. The first-order valence-corrected chi connectivity index (χ1v) is 8.61. The molecule has 114 valence electrons.